The normalized spacial score (nSPS) is 29.9. The molecule has 2 aliphatic heterocycles. The summed E-state index contributed by atoms with van der Waals surface area (Å²) >= 11 is 0. The highest BCUT2D eigenvalue weighted by Gasteiger charge is 2.35. The summed E-state index contributed by atoms with van der Waals surface area (Å²) in [6.07, 6.45) is 4.89. The maximum absolute atomic E-state index is 11.5. The molecule has 2 atom stereocenters. The van der Waals surface area contributed by atoms with E-state index >= 15 is 0 Å². The first kappa shape index (κ1) is 9.27. The van der Waals surface area contributed by atoms with Crippen LogP contribution >= 0.6 is 0 Å². The zero-order valence-electron chi connectivity index (χ0n) is 7.93. The van der Waals surface area contributed by atoms with Gasteiger partial charge in [-0.25, -0.2) is 0 Å². The molecule has 0 aromatic rings. The molecule has 0 aromatic carbocycles. The van der Waals surface area contributed by atoms with Gasteiger partial charge in [-0.2, -0.15) is 0 Å². The van der Waals surface area contributed by atoms with Gasteiger partial charge < -0.3 is 14.2 Å². The van der Waals surface area contributed by atoms with Crippen LogP contribution in [0.2, 0.25) is 0 Å². The number of ether oxygens (including phenoxy) is 3. The minimum atomic E-state index is -0.281. The van der Waals surface area contributed by atoms with E-state index in [1.54, 1.807) is 12.3 Å². The van der Waals surface area contributed by atoms with Crippen molar-refractivity contribution in [3.8, 4) is 0 Å². The summed E-state index contributed by atoms with van der Waals surface area (Å²) in [6, 6.07) is 0. The van der Waals surface area contributed by atoms with Crippen LogP contribution in [-0.2, 0) is 19.0 Å². The van der Waals surface area contributed by atoms with E-state index in [1.807, 2.05) is 0 Å². The van der Waals surface area contributed by atoms with E-state index in [4.69, 9.17) is 14.2 Å². The molecular formula is C10H12O4. The number of fused-ring (bicyclic) bond motifs is 1. The second-order valence-electron chi connectivity index (χ2n) is 3.33. The van der Waals surface area contributed by atoms with E-state index in [0.717, 1.165) is 5.57 Å². The standard InChI is InChI=1S/C10H12O4/c1-12-10(11)8-2-3-13-4-7-5-14-6-9(7)8/h2-4,8-9H,5-6H2,1H3/t8-,9+/m1/s1. The molecule has 0 radical (unpaired) electrons. The Morgan fingerprint density at radius 3 is 3.29 bits per heavy atom. The fourth-order valence-corrected chi connectivity index (χ4v) is 1.74. The molecule has 0 bridgehead atoms. The Morgan fingerprint density at radius 1 is 1.64 bits per heavy atom. The molecule has 1 saturated heterocycles. The second kappa shape index (κ2) is 3.84. The smallest absolute Gasteiger partial charge is 0.313 e. The van der Waals surface area contributed by atoms with E-state index in [1.165, 1.54) is 13.4 Å². The quantitative estimate of drug-likeness (QED) is 0.583. The van der Waals surface area contributed by atoms with Crippen molar-refractivity contribution < 1.29 is 19.0 Å². The zero-order valence-corrected chi connectivity index (χ0v) is 7.93. The zero-order chi connectivity index (χ0) is 9.97. The fraction of sp³-hybridized carbons (Fsp3) is 0.500. The molecule has 76 valence electrons. The summed E-state index contributed by atoms with van der Waals surface area (Å²) in [5.74, 6) is -0.453. The van der Waals surface area contributed by atoms with E-state index in [9.17, 15) is 4.79 Å². The largest absolute Gasteiger partial charge is 0.473 e. The number of hydrogen-bond donors (Lipinski definition) is 0. The van der Waals surface area contributed by atoms with Gasteiger partial charge in [0.2, 0.25) is 0 Å². The summed E-state index contributed by atoms with van der Waals surface area (Å²) in [5.41, 5.74) is 1.02. The van der Waals surface area contributed by atoms with Crippen molar-refractivity contribution in [1.82, 2.24) is 0 Å². The molecule has 14 heavy (non-hydrogen) atoms. The molecule has 2 aliphatic rings. The van der Waals surface area contributed by atoms with Gasteiger partial charge in [-0.15, -0.1) is 0 Å². The first-order valence-electron chi connectivity index (χ1n) is 4.49. The van der Waals surface area contributed by atoms with Gasteiger partial charge in [0.05, 0.1) is 38.8 Å². The Morgan fingerprint density at radius 2 is 2.50 bits per heavy atom. The predicted molar refractivity (Wildman–Crippen MR) is 48.1 cm³/mol. The van der Waals surface area contributed by atoms with Crippen LogP contribution in [0.4, 0.5) is 0 Å². The summed E-state index contributed by atoms with van der Waals surface area (Å²) in [7, 11) is 1.39. The summed E-state index contributed by atoms with van der Waals surface area (Å²) in [6.45, 7) is 1.10. The minimum absolute atomic E-state index is 0.0706. The average Bonchev–Trinajstić information content (AvgIpc) is 2.57. The highest BCUT2D eigenvalue weighted by atomic mass is 16.5. The van der Waals surface area contributed by atoms with Gasteiger partial charge in [0, 0.05) is 5.92 Å². The third-order valence-corrected chi connectivity index (χ3v) is 2.53. The maximum Gasteiger partial charge on any atom is 0.313 e. The predicted octanol–water partition coefficient (Wildman–Crippen LogP) is 0.850. The van der Waals surface area contributed by atoms with Crippen LogP contribution < -0.4 is 0 Å². The lowest BCUT2D eigenvalue weighted by molar-refractivity contribution is -0.145. The van der Waals surface area contributed by atoms with Crippen LogP contribution in [0.1, 0.15) is 0 Å². The number of esters is 1. The lowest BCUT2D eigenvalue weighted by atomic mass is 9.89. The number of carbonyl (C=O) groups excluding carboxylic acids is 1. The highest BCUT2D eigenvalue weighted by molar-refractivity contribution is 5.75. The van der Waals surface area contributed by atoms with Crippen molar-refractivity contribution in [2.45, 2.75) is 0 Å². The molecule has 2 rings (SSSR count). The molecule has 0 saturated carbocycles. The summed E-state index contributed by atoms with van der Waals surface area (Å²) < 4.78 is 15.1. The van der Waals surface area contributed by atoms with Gasteiger partial charge in [0.1, 0.15) is 0 Å². The Labute approximate surface area is 82.1 Å². The first-order valence-corrected chi connectivity index (χ1v) is 4.49. The minimum Gasteiger partial charge on any atom is -0.473 e. The Balaban J connectivity index is 2.22. The van der Waals surface area contributed by atoms with E-state index in [0.29, 0.717) is 13.2 Å². The van der Waals surface area contributed by atoms with E-state index < -0.39 is 0 Å². The SMILES string of the molecule is COC(=O)[C@@H]1C=COC=C2COC[C@@H]21. The second-order valence-corrected chi connectivity index (χ2v) is 3.33. The number of carbonyl (C=O) groups is 1. The van der Waals surface area contributed by atoms with Crippen LogP contribution in [0.25, 0.3) is 0 Å². The van der Waals surface area contributed by atoms with Crippen molar-refractivity contribution in [1.29, 1.82) is 0 Å². The molecule has 0 N–H and O–H groups in total. The molecule has 1 fully saturated rings. The molecule has 2 heterocycles. The first-order chi connectivity index (χ1) is 6.83. The van der Waals surface area contributed by atoms with Crippen molar-refractivity contribution in [2.24, 2.45) is 11.8 Å². The van der Waals surface area contributed by atoms with Crippen molar-refractivity contribution >= 4 is 5.97 Å². The van der Waals surface area contributed by atoms with Gasteiger partial charge in [-0.05, 0) is 11.6 Å². The monoisotopic (exact) mass is 196 g/mol. The maximum atomic E-state index is 11.5. The molecule has 0 amide bonds. The number of rotatable bonds is 1. The fourth-order valence-electron chi connectivity index (χ4n) is 1.74. The third kappa shape index (κ3) is 1.53. The molecule has 4 heteroatoms. The van der Waals surface area contributed by atoms with Gasteiger partial charge in [-0.3, -0.25) is 4.79 Å². The summed E-state index contributed by atoms with van der Waals surface area (Å²) in [4.78, 5) is 11.5. The molecule has 4 nitrogen and oxygen atoms in total. The van der Waals surface area contributed by atoms with Crippen LogP contribution in [0.5, 0.6) is 0 Å². The topological polar surface area (TPSA) is 44.8 Å². The molecule has 0 unspecified atom stereocenters. The molecule has 0 aromatic heterocycles. The third-order valence-electron chi connectivity index (χ3n) is 2.53. The molecular weight excluding hydrogens is 184 g/mol. The Kier molecular flexibility index (Phi) is 2.54. The average molecular weight is 196 g/mol. The number of hydrogen-bond acceptors (Lipinski definition) is 4. The van der Waals surface area contributed by atoms with Gasteiger partial charge in [0.25, 0.3) is 0 Å². The van der Waals surface area contributed by atoms with Gasteiger partial charge in [-0.1, -0.05) is 0 Å². The van der Waals surface area contributed by atoms with Gasteiger partial charge in [0.15, 0.2) is 0 Å². The summed E-state index contributed by atoms with van der Waals surface area (Å²) in [5, 5.41) is 0. The Bertz CT molecular complexity index is 292. The van der Waals surface area contributed by atoms with E-state index in [2.05, 4.69) is 0 Å². The van der Waals surface area contributed by atoms with Crippen molar-refractivity contribution in [3.63, 3.8) is 0 Å². The Hall–Kier alpha value is -1.29. The lowest BCUT2D eigenvalue weighted by Crippen LogP contribution is -2.24. The van der Waals surface area contributed by atoms with Crippen LogP contribution in [-0.4, -0.2) is 26.3 Å². The van der Waals surface area contributed by atoms with Gasteiger partial charge >= 0.3 is 5.97 Å². The van der Waals surface area contributed by atoms with Crippen LogP contribution in [0.3, 0.4) is 0 Å². The van der Waals surface area contributed by atoms with Crippen LogP contribution in [0, 0.1) is 11.8 Å². The molecule has 0 spiro atoms. The van der Waals surface area contributed by atoms with Crippen LogP contribution in [0.15, 0.2) is 24.2 Å². The van der Waals surface area contributed by atoms with Crippen molar-refractivity contribution in [2.75, 3.05) is 20.3 Å². The number of methoxy groups -OCH3 is 1. The lowest BCUT2D eigenvalue weighted by Gasteiger charge is -2.15. The molecule has 0 aliphatic carbocycles. The highest BCUT2D eigenvalue weighted by Crippen LogP contribution is 2.31. The van der Waals surface area contributed by atoms with E-state index in [-0.39, 0.29) is 17.8 Å². The van der Waals surface area contributed by atoms with Crippen molar-refractivity contribution in [3.05, 3.63) is 24.2 Å².